The molecule has 0 saturated heterocycles. The molecular formula is C14H14FNO5. The van der Waals surface area contributed by atoms with Gasteiger partial charge in [0.2, 0.25) is 5.82 Å². The minimum atomic E-state index is -1.16. The largest absolute Gasteiger partial charge is 0.456 e. The van der Waals surface area contributed by atoms with Crippen molar-refractivity contribution in [2.75, 3.05) is 0 Å². The number of esters is 1. The van der Waals surface area contributed by atoms with Gasteiger partial charge in [0.25, 0.3) is 0 Å². The highest BCUT2D eigenvalue weighted by Crippen LogP contribution is 2.20. The average molecular weight is 295 g/mol. The quantitative estimate of drug-likeness (QED) is 0.162. The number of nitro benzene ring substituents is 1. The molecule has 6 nitrogen and oxygen atoms in total. The molecule has 0 aliphatic rings. The highest BCUT2D eigenvalue weighted by molar-refractivity contribution is 6.23. The summed E-state index contributed by atoms with van der Waals surface area (Å²) in [7, 11) is 0. The Morgan fingerprint density at radius 2 is 1.90 bits per heavy atom. The summed E-state index contributed by atoms with van der Waals surface area (Å²) < 4.78 is 18.4. The molecule has 0 heterocycles. The van der Waals surface area contributed by atoms with Gasteiger partial charge in [0.1, 0.15) is 11.2 Å². The van der Waals surface area contributed by atoms with Gasteiger partial charge in [0.15, 0.2) is 5.78 Å². The first-order valence-corrected chi connectivity index (χ1v) is 5.94. The molecule has 0 spiro atoms. The molecule has 0 fully saturated rings. The number of nitrogens with zero attached hydrogens (tertiary/aromatic N) is 1. The Kier molecular flexibility index (Phi) is 4.57. The number of nitro groups is 1. The van der Waals surface area contributed by atoms with E-state index in [1.54, 1.807) is 20.8 Å². The molecule has 112 valence electrons. The fourth-order valence-electron chi connectivity index (χ4n) is 1.40. The molecule has 21 heavy (non-hydrogen) atoms. The highest BCUT2D eigenvalue weighted by Gasteiger charge is 2.25. The van der Waals surface area contributed by atoms with Crippen LogP contribution >= 0.6 is 0 Å². The fourth-order valence-corrected chi connectivity index (χ4v) is 1.40. The third-order valence-electron chi connectivity index (χ3n) is 2.33. The van der Waals surface area contributed by atoms with Gasteiger partial charge in [-0.05, 0) is 32.9 Å². The van der Waals surface area contributed by atoms with E-state index in [1.165, 1.54) is 0 Å². The van der Waals surface area contributed by atoms with Crippen molar-refractivity contribution in [3.8, 4) is 0 Å². The maximum atomic E-state index is 13.5. The lowest BCUT2D eigenvalue weighted by Gasteiger charge is -2.19. The Bertz CT molecular complexity index is 631. The number of ether oxygens (including phenoxy) is 1. The monoisotopic (exact) mass is 295 g/mol. The lowest BCUT2D eigenvalue weighted by Crippen LogP contribution is -2.27. The Balaban J connectivity index is 2.99. The van der Waals surface area contributed by atoms with E-state index >= 15 is 0 Å². The van der Waals surface area contributed by atoms with Gasteiger partial charge in [-0.15, -0.1) is 0 Å². The molecule has 0 N–H and O–H groups in total. The Labute approximate surface area is 120 Å². The molecule has 0 aliphatic carbocycles. The normalized spacial score (nSPS) is 10.9. The smallest absolute Gasteiger partial charge is 0.342 e. The van der Waals surface area contributed by atoms with Crippen molar-refractivity contribution >= 4 is 17.4 Å². The molecule has 0 radical (unpaired) electrons. The van der Waals surface area contributed by atoms with Crippen LogP contribution in [-0.4, -0.2) is 22.3 Å². The van der Waals surface area contributed by atoms with Crippen molar-refractivity contribution in [1.82, 2.24) is 0 Å². The molecule has 0 amide bonds. The van der Waals surface area contributed by atoms with Crippen LogP contribution in [0.25, 0.3) is 0 Å². The summed E-state index contributed by atoms with van der Waals surface area (Å²) in [5.74, 6) is -2.94. The highest BCUT2D eigenvalue weighted by atomic mass is 19.1. The molecule has 1 aromatic carbocycles. The number of benzene rings is 1. The summed E-state index contributed by atoms with van der Waals surface area (Å²) in [4.78, 5) is 33.2. The first-order chi connectivity index (χ1) is 9.53. The third kappa shape index (κ3) is 4.20. The first kappa shape index (κ1) is 16.5. The summed E-state index contributed by atoms with van der Waals surface area (Å²) >= 11 is 0. The number of hydrogen-bond donors (Lipinski definition) is 0. The van der Waals surface area contributed by atoms with Crippen molar-refractivity contribution in [3.63, 3.8) is 0 Å². The Morgan fingerprint density at radius 1 is 1.33 bits per heavy atom. The van der Waals surface area contributed by atoms with Gasteiger partial charge in [0.05, 0.1) is 4.92 Å². The molecule has 1 rings (SSSR count). The van der Waals surface area contributed by atoms with E-state index in [2.05, 4.69) is 6.58 Å². The molecule has 7 heteroatoms. The second kappa shape index (κ2) is 5.82. The van der Waals surface area contributed by atoms with Crippen molar-refractivity contribution in [1.29, 1.82) is 0 Å². The summed E-state index contributed by atoms with van der Waals surface area (Å²) in [6.07, 6.45) is 0. The molecule has 0 aromatic heterocycles. The lowest BCUT2D eigenvalue weighted by atomic mass is 10.0. The van der Waals surface area contributed by atoms with Gasteiger partial charge in [-0.3, -0.25) is 14.9 Å². The zero-order valence-electron chi connectivity index (χ0n) is 11.8. The molecule has 0 saturated carbocycles. The summed E-state index contributed by atoms with van der Waals surface area (Å²) in [5, 5.41) is 10.5. The van der Waals surface area contributed by atoms with E-state index in [4.69, 9.17) is 4.74 Å². The van der Waals surface area contributed by atoms with Gasteiger partial charge in [-0.25, -0.2) is 4.79 Å². The number of hydrogen-bond acceptors (Lipinski definition) is 5. The standard InChI is InChI=1S/C14H14FNO5/c1-8(13(18)21-14(2,3)4)12(17)9-5-6-11(16(19)20)10(15)7-9/h5-7H,1H2,2-4H3. The van der Waals surface area contributed by atoms with Crippen LogP contribution in [0.5, 0.6) is 0 Å². The van der Waals surface area contributed by atoms with E-state index in [0.717, 1.165) is 12.1 Å². The number of carbonyl (C=O) groups excluding carboxylic acids is 2. The van der Waals surface area contributed by atoms with Crippen LogP contribution in [0.1, 0.15) is 31.1 Å². The van der Waals surface area contributed by atoms with Crippen molar-refractivity contribution < 1.29 is 23.6 Å². The number of carbonyl (C=O) groups is 2. The van der Waals surface area contributed by atoms with Crippen LogP contribution in [0.15, 0.2) is 30.4 Å². The van der Waals surface area contributed by atoms with Crippen molar-refractivity contribution in [3.05, 3.63) is 51.8 Å². The summed E-state index contributed by atoms with van der Waals surface area (Å²) in [5.41, 5.74) is -2.25. The van der Waals surface area contributed by atoms with Gasteiger partial charge >= 0.3 is 11.7 Å². The molecule has 0 bridgehead atoms. The number of ketones is 1. The Hall–Kier alpha value is -2.57. The minimum absolute atomic E-state index is 0.214. The predicted molar refractivity (Wildman–Crippen MR) is 72.4 cm³/mol. The van der Waals surface area contributed by atoms with Gasteiger partial charge in [-0.2, -0.15) is 4.39 Å². The van der Waals surface area contributed by atoms with Crippen LogP contribution in [0.4, 0.5) is 10.1 Å². The van der Waals surface area contributed by atoms with E-state index in [0.29, 0.717) is 6.07 Å². The number of Topliss-reactive ketones (excluding diaryl/α,β-unsaturated/α-hetero) is 1. The molecule has 0 unspecified atom stereocenters. The zero-order chi connectivity index (χ0) is 16.4. The van der Waals surface area contributed by atoms with Crippen LogP contribution in [0, 0.1) is 15.9 Å². The van der Waals surface area contributed by atoms with Crippen LogP contribution in [0.3, 0.4) is 0 Å². The predicted octanol–water partition coefficient (Wildman–Crippen LogP) is 2.81. The van der Waals surface area contributed by atoms with Gasteiger partial charge < -0.3 is 4.74 Å². The number of rotatable bonds is 4. The minimum Gasteiger partial charge on any atom is -0.456 e. The second-order valence-electron chi connectivity index (χ2n) is 5.23. The van der Waals surface area contributed by atoms with E-state index < -0.39 is 39.4 Å². The van der Waals surface area contributed by atoms with Crippen molar-refractivity contribution in [2.24, 2.45) is 0 Å². The van der Waals surface area contributed by atoms with Crippen molar-refractivity contribution in [2.45, 2.75) is 26.4 Å². The fraction of sp³-hybridized carbons (Fsp3) is 0.286. The molecule has 0 aliphatic heterocycles. The average Bonchev–Trinajstić information content (AvgIpc) is 2.34. The lowest BCUT2D eigenvalue weighted by molar-refractivity contribution is -0.387. The molecular weight excluding hydrogens is 281 g/mol. The summed E-state index contributed by atoms with van der Waals surface area (Å²) in [6, 6.07) is 2.60. The molecule has 0 atom stereocenters. The maximum Gasteiger partial charge on any atom is 0.342 e. The van der Waals surface area contributed by atoms with Gasteiger partial charge in [0, 0.05) is 11.6 Å². The van der Waals surface area contributed by atoms with Crippen LogP contribution in [0.2, 0.25) is 0 Å². The topological polar surface area (TPSA) is 86.5 Å². The first-order valence-electron chi connectivity index (χ1n) is 5.94. The van der Waals surface area contributed by atoms with E-state index in [-0.39, 0.29) is 5.56 Å². The van der Waals surface area contributed by atoms with Gasteiger partial charge in [-0.1, -0.05) is 6.58 Å². The third-order valence-corrected chi connectivity index (χ3v) is 2.33. The zero-order valence-corrected chi connectivity index (χ0v) is 11.8. The van der Waals surface area contributed by atoms with Crippen LogP contribution < -0.4 is 0 Å². The van der Waals surface area contributed by atoms with E-state index in [1.807, 2.05) is 0 Å². The number of halogens is 1. The van der Waals surface area contributed by atoms with E-state index in [9.17, 15) is 24.1 Å². The maximum absolute atomic E-state index is 13.5. The Morgan fingerprint density at radius 3 is 2.33 bits per heavy atom. The second-order valence-corrected chi connectivity index (χ2v) is 5.23. The SMILES string of the molecule is C=C(C(=O)OC(C)(C)C)C(=O)c1ccc([N+](=O)[O-])c(F)c1. The van der Waals surface area contributed by atoms with Crippen LogP contribution in [-0.2, 0) is 9.53 Å². The summed E-state index contributed by atoms with van der Waals surface area (Å²) in [6.45, 7) is 8.18. The molecule has 1 aromatic rings.